The van der Waals surface area contributed by atoms with E-state index in [-0.39, 0.29) is 23.6 Å². The van der Waals surface area contributed by atoms with Gasteiger partial charge in [0.15, 0.2) is 5.76 Å². The van der Waals surface area contributed by atoms with Crippen molar-refractivity contribution in [2.45, 2.75) is 32.0 Å². The topological polar surface area (TPSA) is 88.6 Å². The molecule has 2 amide bonds. The smallest absolute Gasteiger partial charge is 0.290 e. The molecule has 6 nitrogen and oxygen atoms in total. The third-order valence-electron chi connectivity index (χ3n) is 4.29. The second-order valence-electron chi connectivity index (χ2n) is 6.04. The maximum Gasteiger partial charge on any atom is 0.290 e. The molecule has 1 aromatic heterocycles. The quantitative estimate of drug-likeness (QED) is 0.886. The number of carbonyl (C=O) groups is 2. The van der Waals surface area contributed by atoms with E-state index in [1.807, 2.05) is 31.2 Å². The number of nitrogens with zero attached hydrogens (tertiary/aromatic N) is 1. The fraction of sp³-hybridized carbons (Fsp3) is 0.333. The van der Waals surface area contributed by atoms with Crippen LogP contribution in [0.15, 0.2) is 47.1 Å². The average Bonchev–Trinajstić information content (AvgIpc) is 3.14. The Kier molecular flexibility index (Phi) is 4.66. The molecule has 1 aliphatic heterocycles. The molecule has 1 unspecified atom stereocenters. The molecule has 24 heavy (non-hydrogen) atoms. The molecule has 3 N–H and O–H groups in total. The highest BCUT2D eigenvalue weighted by atomic mass is 16.3. The number of hydrogen-bond acceptors (Lipinski definition) is 4. The number of hydrogen-bond donors (Lipinski definition) is 2. The molecule has 0 saturated heterocycles. The molecule has 1 aromatic carbocycles. The van der Waals surface area contributed by atoms with Gasteiger partial charge in [-0.3, -0.25) is 9.59 Å². The lowest BCUT2D eigenvalue weighted by molar-refractivity contribution is -0.126. The van der Waals surface area contributed by atoms with Crippen molar-refractivity contribution in [3.63, 3.8) is 0 Å². The molecule has 6 heteroatoms. The molecular weight excluding hydrogens is 306 g/mol. The second-order valence-corrected chi connectivity index (χ2v) is 6.04. The Balaban J connectivity index is 1.90. The van der Waals surface area contributed by atoms with Crippen LogP contribution in [0.3, 0.4) is 0 Å². The van der Waals surface area contributed by atoms with E-state index < -0.39 is 6.04 Å². The Hall–Kier alpha value is -2.60. The van der Waals surface area contributed by atoms with Crippen LogP contribution >= 0.6 is 0 Å². The molecule has 0 spiro atoms. The van der Waals surface area contributed by atoms with Gasteiger partial charge in [0.05, 0.1) is 6.26 Å². The van der Waals surface area contributed by atoms with E-state index in [1.54, 1.807) is 17.0 Å². The van der Waals surface area contributed by atoms with Gasteiger partial charge in [-0.1, -0.05) is 24.3 Å². The zero-order valence-electron chi connectivity index (χ0n) is 13.6. The Morgan fingerprint density at radius 2 is 2.04 bits per heavy atom. The van der Waals surface area contributed by atoms with Crippen LogP contribution in [0.5, 0.6) is 0 Å². The Bertz CT molecular complexity index is 727. The predicted molar refractivity (Wildman–Crippen MR) is 89.2 cm³/mol. The van der Waals surface area contributed by atoms with Crippen LogP contribution in [0.25, 0.3) is 0 Å². The maximum atomic E-state index is 12.8. The van der Waals surface area contributed by atoms with Gasteiger partial charge in [-0.2, -0.15) is 0 Å². The molecule has 0 aliphatic carbocycles. The fourth-order valence-corrected chi connectivity index (χ4v) is 2.91. The summed E-state index contributed by atoms with van der Waals surface area (Å²) in [6.07, 6.45) is 1.93. The number of benzene rings is 1. The molecule has 0 bridgehead atoms. The summed E-state index contributed by atoms with van der Waals surface area (Å²) in [6, 6.07) is 10.4. The van der Waals surface area contributed by atoms with Crippen LogP contribution in [-0.4, -0.2) is 35.3 Å². The number of nitrogens with two attached hydrogens (primary N) is 1. The van der Waals surface area contributed by atoms with Gasteiger partial charge < -0.3 is 20.4 Å². The van der Waals surface area contributed by atoms with Crippen molar-refractivity contribution in [3.05, 3.63) is 59.5 Å². The van der Waals surface area contributed by atoms with Gasteiger partial charge in [-0.05, 0) is 30.2 Å². The van der Waals surface area contributed by atoms with Gasteiger partial charge >= 0.3 is 0 Å². The van der Waals surface area contributed by atoms with Crippen LogP contribution in [0.1, 0.15) is 28.6 Å². The van der Waals surface area contributed by atoms with E-state index in [1.165, 1.54) is 6.26 Å². The first-order valence-corrected chi connectivity index (χ1v) is 8.02. The van der Waals surface area contributed by atoms with Crippen LogP contribution in [0, 0.1) is 0 Å². The van der Waals surface area contributed by atoms with Crippen molar-refractivity contribution >= 4 is 11.8 Å². The summed E-state index contributed by atoms with van der Waals surface area (Å²) in [5.74, 6) is -0.239. The number of amides is 2. The summed E-state index contributed by atoms with van der Waals surface area (Å²) in [4.78, 5) is 27.0. The summed E-state index contributed by atoms with van der Waals surface area (Å²) in [7, 11) is 0. The lowest BCUT2D eigenvalue weighted by atomic mass is 9.93. The van der Waals surface area contributed by atoms with Gasteiger partial charge in [-0.25, -0.2) is 0 Å². The Morgan fingerprint density at radius 3 is 2.71 bits per heavy atom. The first kappa shape index (κ1) is 16.3. The zero-order chi connectivity index (χ0) is 17.1. The van der Waals surface area contributed by atoms with Crippen LogP contribution < -0.4 is 11.1 Å². The number of rotatable bonds is 4. The molecule has 126 valence electrons. The van der Waals surface area contributed by atoms with Crippen LogP contribution in [0.2, 0.25) is 0 Å². The van der Waals surface area contributed by atoms with Crippen molar-refractivity contribution < 1.29 is 14.0 Å². The monoisotopic (exact) mass is 327 g/mol. The minimum absolute atomic E-state index is 0.143. The van der Waals surface area contributed by atoms with E-state index in [0.717, 1.165) is 11.1 Å². The standard InChI is InChI=1S/C18H21N3O3/c1-12(10-19)20-17(22)15-9-13-5-2-3-6-14(13)11-21(15)18(23)16-7-4-8-24-16/h2-8,12,15H,9-11,19H2,1H3,(H,20,22)/t12-,15?/m0/s1. The van der Waals surface area contributed by atoms with Crippen molar-refractivity contribution in [2.75, 3.05) is 6.54 Å². The van der Waals surface area contributed by atoms with Gasteiger partial charge in [-0.15, -0.1) is 0 Å². The van der Waals surface area contributed by atoms with E-state index in [0.29, 0.717) is 19.5 Å². The molecule has 2 aromatic rings. The molecule has 2 heterocycles. The first-order valence-electron chi connectivity index (χ1n) is 8.02. The molecule has 0 fully saturated rings. The van der Waals surface area contributed by atoms with Gasteiger partial charge in [0, 0.05) is 25.6 Å². The predicted octanol–water partition coefficient (Wildman–Crippen LogP) is 1.31. The first-order chi connectivity index (χ1) is 11.6. The van der Waals surface area contributed by atoms with Crippen molar-refractivity contribution in [3.8, 4) is 0 Å². The van der Waals surface area contributed by atoms with E-state index in [2.05, 4.69) is 5.32 Å². The molecule has 0 saturated carbocycles. The van der Waals surface area contributed by atoms with E-state index in [9.17, 15) is 9.59 Å². The van der Waals surface area contributed by atoms with Crippen molar-refractivity contribution in [1.29, 1.82) is 0 Å². The number of furan rings is 1. The minimum atomic E-state index is -0.577. The lowest BCUT2D eigenvalue weighted by Crippen LogP contribution is -2.54. The number of nitrogens with one attached hydrogen (secondary N) is 1. The van der Waals surface area contributed by atoms with E-state index in [4.69, 9.17) is 10.2 Å². The minimum Gasteiger partial charge on any atom is -0.459 e. The summed E-state index contributed by atoms with van der Waals surface area (Å²) >= 11 is 0. The third-order valence-corrected chi connectivity index (χ3v) is 4.29. The summed E-state index contributed by atoms with van der Waals surface area (Å²) in [6.45, 7) is 2.57. The lowest BCUT2D eigenvalue weighted by Gasteiger charge is -2.36. The zero-order valence-corrected chi connectivity index (χ0v) is 13.6. The summed E-state index contributed by atoms with van der Waals surface area (Å²) in [5, 5.41) is 2.87. The normalized spacial score (nSPS) is 17.9. The fourth-order valence-electron chi connectivity index (χ4n) is 2.91. The van der Waals surface area contributed by atoms with Gasteiger partial charge in [0.1, 0.15) is 6.04 Å². The highest BCUT2D eigenvalue weighted by molar-refractivity contribution is 5.96. The number of carbonyl (C=O) groups excluding carboxylic acids is 2. The van der Waals surface area contributed by atoms with Crippen LogP contribution in [-0.2, 0) is 17.8 Å². The van der Waals surface area contributed by atoms with Crippen molar-refractivity contribution in [2.24, 2.45) is 5.73 Å². The second kappa shape index (κ2) is 6.88. The largest absolute Gasteiger partial charge is 0.459 e. The summed E-state index contributed by atoms with van der Waals surface area (Å²) in [5.41, 5.74) is 7.72. The molecule has 0 radical (unpaired) electrons. The van der Waals surface area contributed by atoms with Gasteiger partial charge in [0.25, 0.3) is 5.91 Å². The SMILES string of the molecule is C[C@@H](CN)NC(=O)C1Cc2ccccc2CN1C(=O)c1ccco1. The molecule has 2 atom stereocenters. The van der Waals surface area contributed by atoms with Crippen LogP contribution in [0.4, 0.5) is 0 Å². The molecular formula is C18H21N3O3. The summed E-state index contributed by atoms with van der Waals surface area (Å²) < 4.78 is 5.22. The Labute approximate surface area is 140 Å². The Morgan fingerprint density at radius 1 is 1.29 bits per heavy atom. The van der Waals surface area contributed by atoms with Gasteiger partial charge in [0.2, 0.25) is 5.91 Å². The molecule has 1 aliphatic rings. The molecule has 3 rings (SSSR count). The van der Waals surface area contributed by atoms with E-state index >= 15 is 0 Å². The number of fused-ring (bicyclic) bond motifs is 1. The maximum absolute atomic E-state index is 12.8. The average molecular weight is 327 g/mol. The van der Waals surface area contributed by atoms with Crippen molar-refractivity contribution in [1.82, 2.24) is 10.2 Å². The third kappa shape index (κ3) is 3.19. The highest BCUT2D eigenvalue weighted by Crippen LogP contribution is 2.25. The highest BCUT2D eigenvalue weighted by Gasteiger charge is 2.36.